The van der Waals surface area contributed by atoms with Crippen LogP contribution < -0.4 is 0 Å². The monoisotopic (exact) mass is 179 g/mol. The van der Waals surface area contributed by atoms with Gasteiger partial charge in [-0.2, -0.15) is 0 Å². The summed E-state index contributed by atoms with van der Waals surface area (Å²) in [5.74, 6) is 0.345. The Bertz CT molecular complexity index is 398. The summed E-state index contributed by atoms with van der Waals surface area (Å²) in [6.07, 6.45) is 1.80. The minimum absolute atomic E-state index is 0.192. The predicted molar refractivity (Wildman–Crippen MR) is 46.0 cm³/mol. The molecule has 0 aliphatic heterocycles. The van der Waals surface area contributed by atoms with Crippen LogP contribution in [-0.2, 0) is 16.1 Å². The molecular formula is C9H9NO3. The molecular weight excluding hydrogens is 170 g/mol. The van der Waals surface area contributed by atoms with E-state index in [-0.39, 0.29) is 12.6 Å². The molecule has 0 radical (unpaired) electrons. The predicted octanol–water partition coefficient (Wildman–Crippen LogP) is 1.82. The molecule has 0 aromatic carbocycles. The summed E-state index contributed by atoms with van der Waals surface area (Å²) in [5.41, 5.74) is 1.70. The third kappa shape index (κ3) is 1.56. The van der Waals surface area contributed by atoms with Crippen molar-refractivity contribution >= 4 is 17.1 Å². The number of fused-ring (bicyclic) bond motifs is 1. The Balaban J connectivity index is 2.15. The van der Waals surface area contributed by atoms with Gasteiger partial charge in [0.25, 0.3) is 0 Å². The van der Waals surface area contributed by atoms with Crippen LogP contribution in [0.15, 0.2) is 22.7 Å². The van der Waals surface area contributed by atoms with Crippen LogP contribution in [0.5, 0.6) is 0 Å². The van der Waals surface area contributed by atoms with Crippen LogP contribution in [0.25, 0.3) is 11.1 Å². The summed E-state index contributed by atoms with van der Waals surface area (Å²) < 4.78 is 10.1. The Morgan fingerprint density at radius 2 is 2.54 bits per heavy atom. The van der Waals surface area contributed by atoms with Crippen LogP contribution in [0.1, 0.15) is 12.7 Å². The summed E-state index contributed by atoms with van der Waals surface area (Å²) in [7, 11) is 0. The molecule has 1 N–H and O–H groups in total. The lowest BCUT2D eigenvalue weighted by atomic mass is 10.4. The van der Waals surface area contributed by atoms with Gasteiger partial charge in [-0.3, -0.25) is 4.79 Å². The number of carbonyl (C=O) groups is 1. The highest BCUT2D eigenvalue weighted by molar-refractivity contribution is 5.73. The second-order valence-electron chi connectivity index (χ2n) is 2.75. The molecule has 0 unspecified atom stereocenters. The van der Waals surface area contributed by atoms with Crippen molar-refractivity contribution in [3.05, 3.63) is 24.1 Å². The van der Waals surface area contributed by atoms with Crippen molar-refractivity contribution in [2.24, 2.45) is 0 Å². The maximum Gasteiger partial charge on any atom is 0.303 e. The Morgan fingerprint density at radius 3 is 3.23 bits per heavy atom. The number of esters is 1. The molecule has 0 aliphatic rings. The number of hydrogen-bond donors (Lipinski definition) is 1. The lowest BCUT2D eigenvalue weighted by molar-refractivity contribution is -0.142. The maximum absolute atomic E-state index is 10.5. The molecule has 0 saturated heterocycles. The molecule has 2 aromatic heterocycles. The number of ether oxygens (including phenoxy) is 1. The number of H-pyrrole nitrogens is 1. The Morgan fingerprint density at radius 1 is 1.69 bits per heavy atom. The first-order valence-electron chi connectivity index (χ1n) is 3.95. The number of aromatic amines is 1. The smallest absolute Gasteiger partial charge is 0.303 e. The Labute approximate surface area is 74.5 Å². The van der Waals surface area contributed by atoms with Crippen molar-refractivity contribution in [1.82, 2.24) is 4.98 Å². The SMILES string of the molecule is CC(=O)OCc1cc2[nH]ccc2o1. The van der Waals surface area contributed by atoms with Gasteiger partial charge < -0.3 is 14.1 Å². The minimum Gasteiger partial charge on any atom is -0.458 e. The first kappa shape index (κ1) is 7.91. The zero-order chi connectivity index (χ0) is 9.26. The first-order chi connectivity index (χ1) is 6.25. The van der Waals surface area contributed by atoms with E-state index in [0.29, 0.717) is 5.76 Å². The standard InChI is InChI=1S/C9H9NO3/c1-6(11)12-5-7-4-8-9(13-7)2-3-10-8/h2-4,10H,5H2,1H3. The number of rotatable bonds is 2. The van der Waals surface area contributed by atoms with Crippen molar-refractivity contribution in [2.45, 2.75) is 13.5 Å². The average molecular weight is 179 g/mol. The summed E-state index contributed by atoms with van der Waals surface area (Å²) in [6, 6.07) is 3.64. The van der Waals surface area contributed by atoms with Crippen LogP contribution in [0.3, 0.4) is 0 Å². The van der Waals surface area contributed by atoms with E-state index in [2.05, 4.69) is 4.98 Å². The van der Waals surface area contributed by atoms with Crippen molar-refractivity contribution in [3.8, 4) is 0 Å². The third-order valence-electron chi connectivity index (χ3n) is 1.70. The molecule has 4 heteroatoms. The molecule has 0 atom stereocenters. The zero-order valence-electron chi connectivity index (χ0n) is 7.16. The molecule has 13 heavy (non-hydrogen) atoms. The van der Waals surface area contributed by atoms with Gasteiger partial charge in [0.05, 0.1) is 5.52 Å². The molecule has 0 amide bonds. The maximum atomic E-state index is 10.5. The van der Waals surface area contributed by atoms with Gasteiger partial charge in [-0.25, -0.2) is 0 Å². The van der Waals surface area contributed by atoms with Gasteiger partial charge in [-0.15, -0.1) is 0 Å². The third-order valence-corrected chi connectivity index (χ3v) is 1.70. The number of furan rings is 1. The largest absolute Gasteiger partial charge is 0.458 e. The van der Waals surface area contributed by atoms with Crippen LogP contribution in [-0.4, -0.2) is 11.0 Å². The van der Waals surface area contributed by atoms with E-state index in [9.17, 15) is 4.79 Å². The second-order valence-corrected chi connectivity index (χ2v) is 2.75. The number of aromatic nitrogens is 1. The fourth-order valence-corrected chi connectivity index (χ4v) is 1.15. The molecule has 68 valence electrons. The fraction of sp³-hybridized carbons (Fsp3) is 0.222. The summed E-state index contributed by atoms with van der Waals surface area (Å²) >= 11 is 0. The average Bonchev–Trinajstić information content (AvgIpc) is 2.58. The fourth-order valence-electron chi connectivity index (χ4n) is 1.15. The van der Waals surface area contributed by atoms with E-state index in [1.165, 1.54) is 6.92 Å². The van der Waals surface area contributed by atoms with Gasteiger partial charge in [-0.05, 0) is 6.07 Å². The van der Waals surface area contributed by atoms with E-state index in [0.717, 1.165) is 11.1 Å². The van der Waals surface area contributed by atoms with Gasteiger partial charge in [0.15, 0.2) is 5.58 Å². The minimum atomic E-state index is -0.305. The molecule has 4 nitrogen and oxygen atoms in total. The quantitative estimate of drug-likeness (QED) is 0.715. The molecule has 2 aromatic rings. The highest BCUT2D eigenvalue weighted by atomic mass is 16.5. The number of nitrogens with one attached hydrogen (secondary N) is 1. The van der Waals surface area contributed by atoms with Gasteiger partial charge in [0.1, 0.15) is 12.4 Å². The van der Waals surface area contributed by atoms with E-state index < -0.39 is 0 Å². The van der Waals surface area contributed by atoms with Gasteiger partial charge >= 0.3 is 5.97 Å². The van der Waals surface area contributed by atoms with Crippen molar-refractivity contribution in [2.75, 3.05) is 0 Å². The van der Waals surface area contributed by atoms with Crippen molar-refractivity contribution < 1.29 is 13.9 Å². The number of carbonyl (C=O) groups excluding carboxylic acids is 1. The Hall–Kier alpha value is -1.71. The van der Waals surface area contributed by atoms with E-state index in [4.69, 9.17) is 9.15 Å². The van der Waals surface area contributed by atoms with Crippen LogP contribution >= 0.6 is 0 Å². The molecule has 0 saturated carbocycles. The van der Waals surface area contributed by atoms with Gasteiger partial charge in [0, 0.05) is 19.2 Å². The lowest BCUT2D eigenvalue weighted by Crippen LogP contribution is -1.97. The highest BCUT2D eigenvalue weighted by Gasteiger charge is 2.04. The lowest BCUT2D eigenvalue weighted by Gasteiger charge is -1.95. The molecule has 2 heterocycles. The topological polar surface area (TPSA) is 55.2 Å². The van der Waals surface area contributed by atoms with Gasteiger partial charge in [-0.1, -0.05) is 0 Å². The molecule has 2 rings (SSSR count). The van der Waals surface area contributed by atoms with Crippen LogP contribution in [0.2, 0.25) is 0 Å². The molecule has 0 spiro atoms. The summed E-state index contributed by atoms with van der Waals surface area (Å²) in [4.78, 5) is 13.5. The van der Waals surface area contributed by atoms with Gasteiger partial charge in [0.2, 0.25) is 0 Å². The van der Waals surface area contributed by atoms with Crippen molar-refractivity contribution in [3.63, 3.8) is 0 Å². The normalized spacial score (nSPS) is 10.5. The van der Waals surface area contributed by atoms with E-state index >= 15 is 0 Å². The molecule has 0 bridgehead atoms. The van der Waals surface area contributed by atoms with Crippen LogP contribution in [0.4, 0.5) is 0 Å². The first-order valence-corrected chi connectivity index (χ1v) is 3.95. The zero-order valence-corrected chi connectivity index (χ0v) is 7.16. The van der Waals surface area contributed by atoms with Crippen LogP contribution in [0, 0.1) is 0 Å². The van der Waals surface area contributed by atoms with Crippen molar-refractivity contribution in [1.29, 1.82) is 0 Å². The van der Waals surface area contributed by atoms with E-state index in [1.807, 2.05) is 12.1 Å². The second kappa shape index (κ2) is 2.97. The Kier molecular flexibility index (Phi) is 1.81. The molecule has 0 aliphatic carbocycles. The summed E-state index contributed by atoms with van der Waals surface area (Å²) in [5, 5.41) is 0. The highest BCUT2D eigenvalue weighted by Crippen LogP contribution is 2.17. The molecule has 0 fully saturated rings. The van der Waals surface area contributed by atoms with E-state index in [1.54, 1.807) is 6.20 Å². The summed E-state index contributed by atoms with van der Waals surface area (Å²) in [6.45, 7) is 1.56. The number of hydrogen-bond acceptors (Lipinski definition) is 3.